The summed E-state index contributed by atoms with van der Waals surface area (Å²) in [6.07, 6.45) is 8.25. The molecule has 2 aromatic heterocycles. The molecule has 1 aliphatic carbocycles. The maximum absolute atomic E-state index is 11.7. The van der Waals surface area contributed by atoms with Crippen LogP contribution in [0.25, 0.3) is 11.4 Å². The van der Waals surface area contributed by atoms with Gasteiger partial charge >= 0.3 is 0 Å². The average Bonchev–Trinajstić information content (AvgIpc) is 3.29. The van der Waals surface area contributed by atoms with Crippen LogP contribution in [0.1, 0.15) is 44.4 Å². The van der Waals surface area contributed by atoms with E-state index in [0.29, 0.717) is 36.1 Å². The van der Waals surface area contributed by atoms with Crippen molar-refractivity contribution in [3.63, 3.8) is 0 Å². The van der Waals surface area contributed by atoms with Crippen molar-refractivity contribution in [1.82, 2.24) is 20.0 Å². The van der Waals surface area contributed by atoms with E-state index in [-0.39, 0.29) is 23.7 Å². The predicted molar refractivity (Wildman–Crippen MR) is 104 cm³/mol. The van der Waals surface area contributed by atoms with Crippen molar-refractivity contribution < 1.29 is 17.7 Å². The third-order valence-corrected chi connectivity index (χ3v) is 7.28. The van der Waals surface area contributed by atoms with Crippen LogP contribution in [-0.4, -0.2) is 59.1 Å². The van der Waals surface area contributed by atoms with Crippen LogP contribution in [0.3, 0.4) is 0 Å². The van der Waals surface area contributed by atoms with Gasteiger partial charge in [-0.25, -0.2) is 13.4 Å². The largest absolute Gasteiger partial charge is 0.474 e. The van der Waals surface area contributed by atoms with Gasteiger partial charge in [-0.2, -0.15) is 4.98 Å². The molecule has 2 aliphatic rings. The Bertz CT molecular complexity index is 908. The molecule has 1 saturated heterocycles. The molecule has 1 unspecified atom stereocenters. The van der Waals surface area contributed by atoms with Crippen molar-refractivity contribution in [2.75, 3.05) is 18.6 Å². The highest BCUT2D eigenvalue weighted by Gasteiger charge is 2.31. The van der Waals surface area contributed by atoms with Gasteiger partial charge in [0, 0.05) is 12.2 Å². The first-order chi connectivity index (χ1) is 13.5. The van der Waals surface area contributed by atoms with Gasteiger partial charge < -0.3 is 9.26 Å². The van der Waals surface area contributed by atoms with E-state index < -0.39 is 9.84 Å². The average molecular weight is 407 g/mol. The molecule has 4 rings (SSSR count). The second kappa shape index (κ2) is 8.16. The van der Waals surface area contributed by atoms with Gasteiger partial charge in [-0.3, -0.25) is 4.90 Å². The summed E-state index contributed by atoms with van der Waals surface area (Å²) < 4.78 is 34.9. The van der Waals surface area contributed by atoms with Gasteiger partial charge in [0.25, 0.3) is 0 Å². The van der Waals surface area contributed by atoms with E-state index in [4.69, 9.17) is 9.26 Å². The van der Waals surface area contributed by atoms with Crippen molar-refractivity contribution in [3.05, 3.63) is 24.2 Å². The van der Waals surface area contributed by atoms with E-state index in [9.17, 15) is 8.42 Å². The molecule has 0 amide bonds. The van der Waals surface area contributed by atoms with Crippen LogP contribution in [0.5, 0.6) is 5.88 Å². The van der Waals surface area contributed by atoms with Crippen LogP contribution in [0.4, 0.5) is 0 Å². The van der Waals surface area contributed by atoms with Gasteiger partial charge in [-0.1, -0.05) is 11.6 Å². The third-order valence-electron chi connectivity index (χ3n) is 5.53. The van der Waals surface area contributed by atoms with E-state index in [1.807, 2.05) is 24.1 Å². The van der Waals surface area contributed by atoms with Gasteiger partial charge in [0.1, 0.15) is 6.10 Å². The van der Waals surface area contributed by atoms with Gasteiger partial charge in [0.05, 0.1) is 23.6 Å². The number of hydrogen-bond donors (Lipinski definition) is 0. The summed E-state index contributed by atoms with van der Waals surface area (Å²) in [5, 5.41) is 4.10. The minimum absolute atomic E-state index is 0.0102. The zero-order valence-electron chi connectivity index (χ0n) is 16.1. The molecular weight excluding hydrogens is 380 g/mol. The molecule has 2 fully saturated rings. The Morgan fingerprint density at radius 3 is 2.82 bits per heavy atom. The summed E-state index contributed by atoms with van der Waals surface area (Å²) in [7, 11) is -1.04. The highest BCUT2D eigenvalue weighted by atomic mass is 32.2. The van der Waals surface area contributed by atoms with Crippen molar-refractivity contribution in [2.24, 2.45) is 0 Å². The molecule has 152 valence electrons. The van der Waals surface area contributed by atoms with Crippen molar-refractivity contribution >= 4 is 9.84 Å². The molecule has 9 heteroatoms. The van der Waals surface area contributed by atoms with Gasteiger partial charge in [-0.05, 0) is 51.3 Å². The summed E-state index contributed by atoms with van der Waals surface area (Å²) in [4.78, 5) is 10.8. The van der Waals surface area contributed by atoms with Gasteiger partial charge in [0.2, 0.25) is 17.6 Å². The summed E-state index contributed by atoms with van der Waals surface area (Å²) in [6.45, 7) is 0.409. The predicted octanol–water partition coefficient (Wildman–Crippen LogP) is 2.46. The summed E-state index contributed by atoms with van der Waals surface area (Å²) in [5.41, 5.74) is 0.717. The lowest BCUT2D eigenvalue weighted by Crippen LogP contribution is -2.32. The molecular formula is C19H26N4O4S. The lowest BCUT2D eigenvalue weighted by Gasteiger charge is -2.23. The Kier molecular flexibility index (Phi) is 5.63. The van der Waals surface area contributed by atoms with Gasteiger partial charge in [0.15, 0.2) is 9.84 Å². The Hall–Kier alpha value is -2.00. The first-order valence-electron chi connectivity index (χ1n) is 9.85. The normalized spacial score (nSPS) is 22.6. The third kappa shape index (κ3) is 4.52. The molecule has 8 nitrogen and oxygen atoms in total. The topological polar surface area (TPSA) is 98.4 Å². The standard InChI is InChI=1S/C19H26N4O4S/c1-23(14-9-11-28(24,25)13-14)12-17-21-18(22-27-17)16-8-5-10-20-19(16)26-15-6-3-2-4-7-15/h5,8,10,14-15H,2-4,6-7,9,11-13H2,1H3. The fraction of sp³-hybridized carbons (Fsp3) is 0.632. The van der Waals surface area contributed by atoms with Crippen LogP contribution in [0, 0.1) is 0 Å². The molecule has 0 aromatic carbocycles. The Labute approximate surface area is 165 Å². The minimum atomic E-state index is -2.92. The van der Waals surface area contributed by atoms with E-state index in [0.717, 1.165) is 12.8 Å². The Balaban J connectivity index is 1.45. The number of hydrogen-bond acceptors (Lipinski definition) is 8. The first kappa shape index (κ1) is 19.3. The number of sulfone groups is 1. The van der Waals surface area contributed by atoms with Crippen molar-refractivity contribution in [2.45, 2.75) is 57.2 Å². The fourth-order valence-corrected chi connectivity index (χ4v) is 5.69. The van der Waals surface area contributed by atoms with E-state index in [2.05, 4.69) is 15.1 Å². The number of pyridine rings is 1. The van der Waals surface area contributed by atoms with Crippen LogP contribution in [0.15, 0.2) is 22.9 Å². The van der Waals surface area contributed by atoms with E-state index >= 15 is 0 Å². The van der Waals surface area contributed by atoms with Crippen LogP contribution < -0.4 is 4.74 Å². The summed E-state index contributed by atoms with van der Waals surface area (Å²) in [5.74, 6) is 1.87. The molecule has 0 N–H and O–H groups in total. The number of nitrogens with zero attached hydrogens (tertiary/aromatic N) is 4. The number of aromatic nitrogens is 3. The highest BCUT2D eigenvalue weighted by molar-refractivity contribution is 7.91. The zero-order chi connectivity index (χ0) is 19.6. The molecule has 1 saturated carbocycles. The molecule has 3 heterocycles. The van der Waals surface area contributed by atoms with Crippen LogP contribution >= 0.6 is 0 Å². The minimum Gasteiger partial charge on any atom is -0.474 e. The molecule has 28 heavy (non-hydrogen) atoms. The van der Waals surface area contributed by atoms with Crippen molar-refractivity contribution in [3.8, 4) is 17.3 Å². The fourth-order valence-electron chi connectivity index (χ4n) is 3.89. The van der Waals surface area contributed by atoms with Crippen molar-refractivity contribution in [1.29, 1.82) is 0 Å². The van der Waals surface area contributed by atoms with E-state index in [1.54, 1.807) is 6.20 Å². The highest BCUT2D eigenvalue weighted by Crippen LogP contribution is 2.29. The first-order valence-corrected chi connectivity index (χ1v) is 11.7. The molecule has 1 aliphatic heterocycles. The maximum Gasteiger partial charge on any atom is 0.241 e. The Morgan fingerprint density at radius 1 is 1.25 bits per heavy atom. The van der Waals surface area contributed by atoms with E-state index in [1.165, 1.54) is 19.3 Å². The number of rotatable bonds is 6. The zero-order valence-corrected chi connectivity index (χ0v) is 16.9. The number of ether oxygens (including phenoxy) is 1. The monoisotopic (exact) mass is 406 g/mol. The molecule has 2 aromatic rings. The van der Waals surface area contributed by atoms with Gasteiger partial charge in [-0.15, -0.1) is 0 Å². The van der Waals surface area contributed by atoms with Crippen LogP contribution in [0.2, 0.25) is 0 Å². The maximum atomic E-state index is 11.7. The second-order valence-corrected chi connectivity index (χ2v) is 9.95. The summed E-state index contributed by atoms with van der Waals surface area (Å²) in [6, 6.07) is 3.70. The second-order valence-electron chi connectivity index (χ2n) is 7.72. The molecule has 0 spiro atoms. The lowest BCUT2D eigenvalue weighted by atomic mass is 9.98. The molecule has 0 radical (unpaired) electrons. The Morgan fingerprint density at radius 2 is 2.07 bits per heavy atom. The SMILES string of the molecule is CN(Cc1nc(-c2cccnc2OC2CCCCC2)no1)C1CCS(=O)(=O)C1. The quantitative estimate of drug-likeness (QED) is 0.721. The summed E-state index contributed by atoms with van der Waals surface area (Å²) >= 11 is 0. The van der Waals surface area contributed by atoms with Crippen LogP contribution in [-0.2, 0) is 16.4 Å². The molecule has 0 bridgehead atoms. The molecule has 1 atom stereocenters. The smallest absolute Gasteiger partial charge is 0.241 e. The lowest BCUT2D eigenvalue weighted by molar-refractivity contribution is 0.149.